The van der Waals surface area contributed by atoms with Gasteiger partial charge in [0.1, 0.15) is 0 Å². The van der Waals surface area contributed by atoms with Gasteiger partial charge in [0.15, 0.2) is 6.10 Å². The zero-order valence-electron chi connectivity index (χ0n) is 26.6. The molecule has 4 aliphatic heterocycles. The number of nitrogens with one attached hydrogen (secondary N) is 1. The van der Waals surface area contributed by atoms with Gasteiger partial charge in [0.25, 0.3) is 5.91 Å². The van der Waals surface area contributed by atoms with Gasteiger partial charge in [-0.2, -0.15) is 0 Å². The van der Waals surface area contributed by atoms with Crippen LogP contribution in [0, 0.1) is 24.2 Å². The summed E-state index contributed by atoms with van der Waals surface area (Å²) in [4.78, 5) is 46.2. The van der Waals surface area contributed by atoms with E-state index in [1.807, 2.05) is 23.1 Å². The Balaban J connectivity index is 1.15. The van der Waals surface area contributed by atoms with Gasteiger partial charge in [-0.05, 0) is 99.8 Å². The SMILES string of the molecule is C#Cc1cc(C[C@@H](OC(=O)N2CCC3(CC2)CC(=O)Nc2ccccc23)C(=O)N2CCC(C3CCN(C)CC3)CC2)cc(Cl)c1N. The summed E-state index contributed by atoms with van der Waals surface area (Å²) in [7, 11) is 2.18. The molecule has 10 heteroatoms. The van der Waals surface area contributed by atoms with E-state index in [-0.39, 0.29) is 23.7 Å². The summed E-state index contributed by atoms with van der Waals surface area (Å²) >= 11 is 6.39. The smallest absolute Gasteiger partial charge is 0.410 e. The third-order valence-corrected chi connectivity index (χ3v) is 11.1. The molecule has 2 aromatic carbocycles. The number of hydrogen-bond acceptors (Lipinski definition) is 6. The number of terminal acetylenes is 1. The summed E-state index contributed by atoms with van der Waals surface area (Å²) in [6, 6.07) is 11.3. The zero-order chi connectivity index (χ0) is 32.4. The average Bonchev–Trinajstić information content (AvgIpc) is 3.06. The predicted octanol–water partition coefficient (Wildman–Crippen LogP) is 4.91. The molecule has 0 aliphatic carbocycles. The molecule has 0 saturated carbocycles. The van der Waals surface area contributed by atoms with Crippen molar-refractivity contribution >= 4 is 40.9 Å². The molecule has 3 fully saturated rings. The predicted molar refractivity (Wildman–Crippen MR) is 179 cm³/mol. The molecule has 0 radical (unpaired) electrons. The first-order valence-corrected chi connectivity index (χ1v) is 16.9. The molecule has 1 atom stereocenters. The van der Waals surface area contributed by atoms with E-state index < -0.39 is 12.2 Å². The molecule has 0 unspecified atom stereocenters. The van der Waals surface area contributed by atoms with Crippen molar-refractivity contribution in [3.05, 3.63) is 58.1 Å². The number of carbonyl (C=O) groups is 3. The van der Waals surface area contributed by atoms with Gasteiger partial charge in [0, 0.05) is 55.7 Å². The minimum Gasteiger partial charge on any atom is -0.436 e. The topological polar surface area (TPSA) is 108 Å². The summed E-state index contributed by atoms with van der Waals surface area (Å²) in [5.41, 5.74) is 9.12. The molecule has 9 nitrogen and oxygen atoms in total. The Morgan fingerprint density at radius 2 is 1.70 bits per heavy atom. The molecule has 3 amide bonds. The Morgan fingerprint density at radius 1 is 1.04 bits per heavy atom. The molecule has 244 valence electrons. The highest BCUT2D eigenvalue weighted by atomic mass is 35.5. The van der Waals surface area contributed by atoms with Crippen LogP contribution >= 0.6 is 11.6 Å². The molecule has 3 N–H and O–H groups in total. The number of nitrogen functional groups attached to an aromatic ring is 1. The summed E-state index contributed by atoms with van der Waals surface area (Å²) in [5, 5.41) is 3.28. The van der Waals surface area contributed by atoms with Crippen molar-refractivity contribution in [1.29, 1.82) is 0 Å². The van der Waals surface area contributed by atoms with Gasteiger partial charge >= 0.3 is 6.09 Å². The standard InChI is InChI=1S/C36H44ClN5O4/c1-3-25-20-24(21-29(37)33(25)38)22-31(34(44)41-16-10-27(11-17-41)26-8-14-40(2)15-9-26)46-35(45)42-18-12-36(13-19-42)23-32(43)39-30-7-5-4-6-28(30)36/h1,4-7,20-21,26-27,31H,8-19,22-23,38H2,2H3,(H,39,43)/t31-/m1/s1. The van der Waals surface area contributed by atoms with E-state index in [1.165, 1.54) is 12.8 Å². The lowest BCUT2D eigenvalue weighted by molar-refractivity contribution is -0.142. The number of benzene rings is 2. The van der Waals surface area contributed by atoms with E-state index in [0.717, 1.165) is 37.2 Å². The number of ether oxygens (including phenoxy) is 1. The van der Waals surface area contributed by atoms with Gasteiger partial charge in [0.05, 0.1) is 10.7 Å². The molecular formula is C36H44ClN5O4. The van der Waals surface area contributed by atoms with Crippen LogP contribution in [0.1, 0.15) is 61.6 Å². The van der Waals surface area contributed by atoms with E-state index >= 15 is 0 Å². The number of nitrogens with zero attached hydrogens (tertiary/aromatic N) is 3. The number of nitrogens with two attached hydrogens (primary N) is 1. The largest absolute Gasteiger partial charge is 0.436 e. The number of rotatable bonds is 5. The Morgan fingerprint density at radius 3 is 2.37 bits per heavy atom. The lowest BCUT2D eigenvalue weighted by Crippen LogP contribution is -2.51. The molecule has 46 heavy (non-hydrogen) atoms. The van der Waals surface area contributed by atoms with Crippen LogP contribution in [-0.4, -0.2) is 85.0 Å². The molecule has 4 heterocycles. The second-order valence-corrected chi connectivity index (χ2v) is 14.0. The Kier molecular flexibility index (Phi) is 9.49. The number of likely N-dealkylation sites (tertiary alicyclic amines) is 3. The lowest BCUT2D eigenvalue weighted by atomic mass is 9.68. The van der Waals surface area contributed by atoms with Crippen LogP contribution in [0.25, 0.3) is 0 Å². The maximum absolute atomic E-state index is 14.0. The van der Waals surface area contributed by atoms with Crippen molar-refractivity contribution in [2.75, 3.05) is 57.4 Å². The van der Waals surface area contributed by atoms with Gasteiger partial charge in [0.2, 0.25) is 5.91 Å². The summed E-state index contributed by atoms with van der Waals surface area (Å²) in [5.74, 6) is 3.67. The molecule has 1 spiro atoms. The monoisotopic (exact) mass is 645 g/mol. The van der Waals surface area contributed by atoms with Crippen LogP contribution in [0.5, 0.6) is 0 Å². The first kappa shape index (κ1) is 32.2. The van der Waals surface area contributed by atoms with Crippen LogP contribution in [0.2, 0.25) is 5.02 Å². The van der Waals surface area contributed by atoms with E-state index in [2.05, 4.69) is 29.3 Å². The maximum atomic E-state index is 14.0. The van der Waals surface area contributed by atoms with Crippen LogP contribution < -0.4 is 11.1 Å². The molecule has 0 bridgehead atoms. The number of halogens is 1. The zero-order valence-corrected chi connectivity index (χ0v) is 27.4. The van der Waals surface area contributed by atoms with Crippen LogP contribution in [0.4, 0.5) is 16.2 Å². The highest BCUT2D eigenvalue weighted by Gasteiger charge is 2.44. The molecule has 3 saturated heterocycles. The minimum absolute atomic E-state index is 0.00604. The molecule has 4 aliphatic rings. The molecular weight excluding hydrogens is 602 g/mol. The van der Waals surface area contributed by atoms with Crippen molar-refractivity contribution in [2.45, 2.75) is 62.9 Å². The second kappa shape index (κ2) is 13.5. The summed E-state index contributed by atoms with van der Waals surface area (Å²) in [6.07, 6.45) is 10.2. The Bertz CT molecular complexity index is 1510. The normalized spacial score (nSPS) is 21.3. The van der Waals surface area contributed by atoms with E-state index in [0.29, 0.717) is 79.1 Å². The number of carbonyl (C=O) groups excluding carboxylic acids is 3. The fourth-order valence-electron chi connectivity index (χ4n) is 8.01. The van der Waals surface area contributed by atoms with Crippen molar-refractivity contribution in [3.63, 3.8) is 0 Å². The molecule has 0 aromatic heterocycles. The van der Waals surface area contributed by atoms with Gasteiger partial charge in [-0.3, -0.25) is 9.59 Å². The number of para-hydroxylation sites is 1. The molecule has 2 aromatic rings. The van der Waals surface area contributed by atoms with Crippen molar-refractivity contribution in [1.82, 2.24) is 14.7 Å². The summed E-state index contributed by atoms with van der Waals surface area (Å²) in [6.45, 7) is 4.41. The van der Waals surface area contributed by atoms with Crippen molar-refractivity contribution in [2.24, 2.45) is 11.8 Å². The highest BCUT2D eigenvalue weighted by molar-refractivity contribution is 6.33. The van der Waals surface area contributed by atoms with Crippen LogP contribution in [0.3, 0.4) is 0 Å². The number of amides is 3. The first-order valence-electron chi connectivity index (χ1n) is 16.5. The molecule has 6 rings (SSSR count). The summed E-state index contributed by atoms with van der Waals surface area (Å²) < 4.78 is 6.06. The van der Waals surface area contributed by atoms with Crippen molar-refractivity contribution in [3.8, 4) is 12.3 Å². The minimum atomic E-state index is -1.03. The van der Waals surface area contributed by atoms with Gasteiger partial charge < -0.3 is 30.5 Å². The van der Waals surface area contributed by atoms with Gasteiger partial charge in [-0.1, -0.05) is 35.7 Å². The maximum Gasteiger partial charge on any atom is 0.410 e. The number of anilines is 2. The number of fused-ring (bicyclic) bond motifs is 2. The number of hydrogen-bond donors (Lipinski definition) is 2. The Hall–Kier alpha value is -3.74. The highest BCUT2D eigenvalue weighted by Crippen LogP contribution is 2.45. The number of piperidine rings is 3. The van der Waals surface area contributed by atoms with Crippen molar-refractivity contribution < 1.29 is 19.1 Å². The van der Waals surface area contributed by atoms with Crippen LogP contribution in [-0.2, 0) is 26.2 Å². The van der Waals surface area contributed by atoms with Crippen LogP contribution in [0.15, 0.2) is 36.4 Å². The fourth-order valence-corrected chi connectivity index (χ4v) is 8.25. The Labute approximate surface area is 276 Å². The third kappa shape index (κ3) is 6.70. The van der Waals surface area contributed by atoms with E-state index in [1.54, 1.807) is 17.0 Å². The first-order chi connectivity index (χ1) is 22.2. The average molecular weight is 646 g/mol. The fraction of sp³-hybridized carbons (Fsp3) is 0.528. The second-order valence-electron chi connectivity index (χ2n) is 13.6. The van der Waals surface area contributed by atoms with E-state index in [4.69, 9.17) is 28.5 Å². The third-order valence-electron chi connectivity index (χ3n) is 10.8. The quantitative estimate of drug-likeness (QED) is 0.354. The lowest BCUT2D eigenvalue weighted by Gasteiger charge is -2.44. The van der Waals surface area contributed by atoms with Gasteiger partial charge in [-0.25, -0.2) is 4.79 Å². The van der Waals surface area contributed by atoms with Gasteiger partial charge in [-0.15, -0.1) is 6.42 Å². The van der Waals surface area contributed by atoms with E-state index in [9.17, 15) is 14.4 Å².